The zero-order chi connectivity index (χ0) is 38.6. The van der Waals surface area contributed by atoms with Crippen molar-refractivity contribution in [2.24, 2.45) is 5.92 Å². The van der Waals surface area contributed by atoms with E-state index in [1.54, 1.807) is 0 Å². The molecule has 12 nitrogen and oxygen atoms in total. The van der Waals surface area contributed by atoms with Crippen LogP contribution in [0.15, 0.2) is 65.7 Å². The number of aryl methyl sites for hydroxylation is 1. The Morgan fingerprint density at radius 1 is 0.732 bits per heavy atom. The largest absolute Gasteiger partial charge is 0.368 e. The minimum Gasteiger partial charge on any atom is -0.368 e. The number of piperidine rings is 2. The van der Waals surface area contributed by atoms with Gasteiger partial charge in [-0.3, -0.25) is 29.2 Å². The Balaban J connectivity index is 0.744. The molecule has 296 valence electrons. The molecule has 7 heterocycles. The van der Waals surface area contributed by atoms with Crippen LogP contribution in [-0.4, -0.2) is 143 Å². The van der Waals surface area contributed by atoms with Gasteiger partial charge in [0.15, 0.2) is 0 Å². The average Bonchev–Trinajstić information content (AvgIpc) is 3.24. The standard InChI is InChI=1S/C44H57N9O3/c1-3-34-27-40-41(47-42(34)54)26-33(28-45-40)31-50-18-22-51(23-19-50)38-8-9-39(46-29-38)44(56)52-16-10-32(11-17-52)30-49-20-24-53(25-21-49)43(55)37-6-4-35(5-7-37)36-12-14-48(2)15-13-36/h4-9,26-29,32,36H,3,10-25,30-31H2,1-2H3,(H,47,54). The van der Waals surface area contributed by atoms with Gasteiger partial charge < -0.3 is 24.6 Å². The third-order valence-electron chi connectivity index (χ3n) is 12.7. The summed E-state index contributed by atoms with van der Waals surface area (Å²) in [6.07, 6.45) is 8.80. The second-order valence-corrected chi connectivity index (χ2v) is 16.4. The van der Waals surface area contributed by atoms with Gasteiger partial charge in [-0.25, -0.2) is 4.98 Å². The molecule has 4 saturated heterocycles. The molecular weight excluding hydrogens is 703 g/mol. The number of aromatic amines is 1. The molecule has 1 aromatic carbocycles. The molecule has 0 aliphatic carbocycles. The van der Waals surface area contributed by atoms with Crippen LogP contribution < -0.4 is 10.5 Å². The number of rotatable bonds is 9. The number of benzene rings is 1. The van der Waals surface area contributed by atoms with Crippen LogP contribution in [0.3, 0.4) is 0 Å². The van der Waals surface area contributed by atoms with E-state index in [4.69, 9.17) is 0 Å². The Kier molecular flexibility index (Phi) is 11.8. The minimum absolute atomic E-state index is 0.0163. The maximum absolute atomic E-state index is 13.4. The van der Waals surface area contributed by atoms with Crippen molar-refractivity contribution in [1.82, 2.24) is 39.5 Å². The van der Waals surface area contributed by atoms with Crippen molar-refractivity contribution in [2.45, 2.75) is 51.5 Å². The number of hydrogen-bond acceptors (Lipinski definition) is 9. The summed E-state index contributed by atoms with van der Waals surface area (Å²) in [5.74, 6) is 1.32. The zero-order valence-electron chi connectivity index (χ0n) is 33.2. The van der Waals surface area contributed by atoms with Gasteiger partial charge in [-0.15, -0.1) is 0 Å². The summed E-state index contributed by atoms with van der Waals surface area (Å²) in [5.41, 5.74) is 7.13. The summed E-state index contributed by atoms with van der Waals surface area (Å²) >= 11 is 0. The number of nitrogens with one attached hydrogen (secondary N) is 1. The first-order valence-corrected chi connectivity index (χ1v) is 20.8. The Morgan fingerprint density at radius 3 is 2.11 bits per heavy atom. The first kappa shape index (κ1) is 38.2. The molecule has 3 aromatic heterocycles. The fraction of sp³-hybridized carbons (Fsp3) is 0.523. The van der Waals surface area contributed by atoms with Gasteiger partial charge in [0.1, 0.15) is 5.69 Å². The lowest BCUT2D eigenvalue weighted by atomic mass is 9.89. The predicted octanol–water partition coefficient (Wildman–Crippen LogP) is 4.32. The number of amides is 2. The van der Waals surface area contributed by atoms with Crippen LogP contribution in [0.2, 0.25) is 0 Å². The quantitative estimate of drug-likeness (QED) is 0.267. The van der Waals surface area contributed by atoms with Gasteiger partial charge in [0, 0.05) is 95.9 Å². The maximum atomic E-state index is 13.4. The molecule has 56 heavy (non-hydrogen) atoms. The van der Waals surface area contributed by atoms with Crippen molar-refractivity contribution in [3.63, 3.8) is 0 Å². The Labute approximate surface area is 330 Å². The molecule has 0 atom stereocenters. The minimum atomic E-state index is -0.0363. The highest BCUT2D eigenvalue weighted by Gasteiger charge is 2.29. The van der Waals surface area contributed by atoms with E-state index in [2.05, 4.69) is 53.7 Å². The van der Waals surface area contributed by atoms with Crippen molar-refractivity contribution >= 4 is 28.5 Å². The smallest absolute Gasteiger partial charge is 0.272 e. The number of hydrogen-bond donors (Lipinski definition) is 1. The fourth-order valence-corrected chi connectivity index (χ4v) is 9.04. The SMILES string of the molecule is CCc1cc2ncc(CN3CCN(c4ccc(C(=O)N5CCC(CN6CCN(C(=O)c7ccc(C8CCN(C)CC8)cc7)CC6)CC5)nc4)CC3)cc2[nH]c1=O. The molecule has 4 aromatic rings. The zero-order valence-corrected chi connectivity index (χ0v) is 33.2. The normalized spacial score (nSPS) is 19.9. The van der Waals surface area contributed by atoms with E-state index in [1.807, 2.05) is 65.5 Å². The topological polar surface area (TPSA) is 112 Å². The van der Waals surface area contributed by atoms with Crippen molar-refractivity contribution in [2.75, 3.05) is 97.0 Å². The maximum Gasteiger partial charge on any atom is 0.272 e. The Hall–Kier alpha value is -4.65. The number of pyridine rings is 3. The number of nitrogens with zero attached hydrogens (tertiary/aromatic N) is 8. The molecule has 2 amide bonds. The van der Waals surface area contributed by atoms with Crippen LogP contribution in [0.1, 0.15) is 76.1 Å². The van der Waals surface area contributed by atoms with Crippen molar-refractivity contribution in [1.29, 1.82) is 0 Å². The van der Waals surface area contributed by atoms with E-state index in [1.165, 1.54) is 18.4 Å². The Morgan fingerprint density at radius 2 is 1.43 bits per heavy atom. The molecule has 4 fully saturated rings. The second kappa shape index (κ2) is 17.2. The number of piperazine rings is 2. The van der Waals surface area contributed by atoms with Gasteiger partial charge in [0.05, 0.1) is 22.9 Å². The van der Waals surface area contributed by atoms with Crippen LogP contribution in [0.25, 0.3) is 11.0 Å². The number of aromatic nitrogens is 3. The van der Waals surface area contributed by atoms with E-state index < -0.39 is 0 Å². The molecule has 4 aliphatic heterocycles. The molecule has 8 rings (SSSR count). The predicted molar refractivity (Wildman–Crippen MR) is 220 cm³/mol. The highest BCUT2D eigenvalue weighted by molar-refractivity contribution is 5.94. The molecule has 0 spiro atoms. The third-order valence-corrected chi connectivity index (χ3v) is 12.7. The first-order valence-electron chi connectivity index (χ1n) is 20.8. The second-order valence-electron chi connectivity index (χ2n) is 16.4. The van der Waals surface area contributed by atoms with Crippen LogP contribution in [0.4, 0.5) is 5.69 Å². The monoisotopic (exact) mass is 759 g/mol. The molecule has 0 unspecified atom stereocenters. The fourth-order valence-electron chi connectivity index (χ4n) is 9.04. The summed E-state index contributed by atoms with van der Waals surface area (Å²) < 4.78 is 0. The van der Waals surface area contributed by atoms with Crippen LogP contribution in [-0.2, 0) is 13.0 Å². The molecule has 4 aliphatic rings. The van der Waals surface area contributed by atoms with Crippen LogP contribution in [0, 0.1) is 5.92 Å². The molecule has 12 heteroatoms. The lowest BCUT2D eigenvalue weighted by Crippen LogP contribution is -2.50. The molecule has 0 radical (unpaired) electrons. The third kappa shape index (κ3) is 8.82. The summed E-state index contributed by atoms with van der Waals surface area (Å²) in [6, 6.07) is 16.3. The van der Waals surface area contributed by atoms with Crippen LogP contribution in [0.5, 0.6) is 0 Å². The van der Waals surface area contributed by atoms with E-state index in [-0.39, 0.29) is 17.4 Å². The summed E-state index contributed by atoms with van der Waals surface area (Å²) in [5, 5.41) is 0. The van der Waals surface area contributed by atoms with Crippen molar-refractivity contribution in [3.8, 4) is 0 Å². The molecule has 0 saturated carbocycles. The number of fused-ring (bicyclic) bond motifs is 1. The van der Waals surface area contributed by atoms with Gasteiger partial charge in [-0.2, -0.15) is 0 Å². The van der Waals surface area contributed by atoms with Gasteiger partial charge >= 0.3 is 0 Å². The van der Waals surface area contributed by atoms with Crippen molar-refractivity contribution in [3.05, 3.63) is 99.2 Å². The highest BCUT2D eigenvalue weighted by Crippen LogP contribution is 2.28. The van der Waals surface area contributed by atoms with E-state index in [0.717, 1.165) is 138 Å². The first-order chi connectivity index (χ1) is 27.3. The Bertz CT molecular complexity index is 2020. The summed E-state index contributed by atoms with van der Waals surface area (Å²) in [4.78, 5) is 64.9. The highest BCUT2D eigenvalue weighted by atomic mass is 16.2. The van der Waals surface area contributed by atoms with E-state index in [0.29, 0.717) is 24.0 Å². The van der Waals surface area contributed by atoms with E-state index >= 15 is 0 Å². The molecular formula is C44H57N9O3. The summed E-state index contributed by atoms with van der Waals surface area (Å²) in [6.45, 7) is 14.4. The summed E-state index contributed by atoms with van der Waals surface area (Å²) in [7, 11) is 2.19. The number of likely N-dealkylation sites (tertiary alicyclic amines) is 2. The number of anilines is 1. The molecule has 0 bridgehead atoms. The number of carbonyl (C=O) groups excluding carboxylic acids is 2. The average molecular weight is 760 g/mol. The number of carbonyl (C=O) groups is 2. The van der Waals surface area contributed by atoms with Gasteiger partial charge in [-0.1, -0.05) is 19.1 Å². The van der Waals surface area contributed by atoms with Crippen LogP contribution >= 0.6 is 0 Å². The lowest BCUT2D eigenvalue weighted by Gasteiger charge is -2.39. The molecule has 1 N–H and O–H groups in total. The lowest BCUT2D eigenvalue weighted by molar-refractivity contribution is 0.0559. The van der Waals surface area contributed by atoms with Crippen molar-refractivity contribution < 1.29 is 9.59 Å². The van der Waals surface area contributed by atoms with Gasteiger partial charge in [0.2, 0.25) is 0 Å². The van der Waals surface area contributed by atoms with E-state index in [9.17, 15) is 14.4 Å². The number of H-pyrrole nitrogens is 1. The van der Waals surface area contributed by atoms with Gasteiger partial charge in [0.25, 0.3) is 17.4 Å². The van der Waals surface area contributed by atoms with Gasteiger partial charge in [-0.05, 0) is 112 Å².